The van der Waals surface area contributed by atoms with Crippen molar-refractivity contribution in [2.24, 2.45) is 0 Å². The van der Waals surface area contributed by atoms with Crippen molar-refractivity contribution < 1.29 is 14.3 Å². The van der Waals surface area contributed by atoms with E-state index in [1.54, 1.807) is 7.11 Å². The third-order valence-electron chi connectivity index (χ3n) is 5.73. The fraction of sp³-hybridized carbons (Fsp3) is 0.400. The average molecular weight is 450 g/mol. The van der Waals surface area contributed by atoms with Gasteiger partial charge in [0.05, 0.1) is 12.6 Å². The number of amides is 1. The first kappa shape index (κ1) is 22.9. The normalized spacial score (nSPS) is 14.8. The van der Waals surface area contributed by atoms with Gasteiger partial charge in [-0.3, -0.25) is 9.69 Å². The lowest BCUT2D eigenvalue weighted by atomic mass is 10.2. The van der Waals surface area contributed by atoms with Gasteiger partial charge >= 0.3 is 0 Å². The molecular formula is C25H31N5O3. The Morgan fingerprint density at radius 3 is 2.70 bits per heavy atom. The number of nitrogens with one attached hydrogen (secondary N) is 1. The topological polar surface area (TPSA) is 81.5 Å². The zero-order chi connectivity index (χ0) is 23.0. The molecule has 0 bridgehead atoms. The minimum absolute atomic E-state index is 0.0467. The summed E-state index contributed by atoms with van der Waals surface area (Å²) < 4.78 is 13.1. The molecule has 1 aliphatic rings. The Kier molecular flexibility index (Phi) is 7.70. The third kappa shape index (κ3) is 6.18. The van der Waals surface area contributed by atoms with Gasteiger partial charge in [0.15, 0.2) is 5.82 Å². The number of ether oxygens (including phenoxy) is 2. The fourth-order valence-corrected chi connectivity index (χ4v) is 4.03. The molecule has 3 aromatic rings. The van der Waals surface area contributed by atoms with Gasteiger partial charge in [-0.05, 0) is 36.8 Å². The molecule has 33 heavy (non-hydrogen) atoms. The summed E-state index contributed by atoms with van der Waals surface area (Å²) in [5, 5.41) is 11.8. The van der Waals surface area contributed by atoms with E-state index in [1.165, 1.54) is 5.56 Å². The maximum Gasteiger partial charge on any atom is 0.222 e. The van der Waals surface area contributed by atoms with Crippen molar-refractivity contribution in [3.05, 3.63) is 71.8 Å². The molecule has 2 heterocycles. The van der Waals surface area contributed by atoms with Crippen LogP contribution < -0.4 is 10.1 Å². The minimum atomic E-state index is -0.200. The molecule has 0 saturated carbocycles. The van der Waals surface area contributed by atoms with Crippen molar-refractivity contribution in [1.82, 2.24) is 25.0 Å². The number of carbonyl (C=O) groups excluding carboxylic acids is 1. The predicted molar refractivity (Wildman–Crippen MR) is 125 cm³/mol. The van der Waals surface area contributed by atoms with Gasteiger partial charge in [0.25, 0.3) is 0 Å². The van der Waals surface area contributed by atoms with Crippen LogP contribution >= 0.6 is 0 Å². The molecule has 0 spiro atoms. The van der Waals surface area contributed by atoms with Crippen LogP contribution in [0.15, 0.2) is 54.6 Å². The molecule has 1 N–H and O–H groups in total. The van der Waals surface area contributed by atoms with Crippen LogP contribution in [0.25, 0.3) is 0 Å². The average Bonchev–Trinajstić information content (AvgIpc) is 3.13. The van der Waals surface area contributed by atoms with E-state index in [1.807, 2.05) is 49.4 Å². The van der Waals surface area contributed by atoms with E-state index in [9.17, 15) is 4.79 Å². The molecule has 2 aromatic carbocycles. The number of carbonyl (C=O) groups is 1. The Bertz CT molecular complexity index is 1050. The molecular weight excluding hydrogens is 418 g/mol. The van der Waals surface area contributed by atoms with Crippen LogP contribution in [0, 0.1) is 0 Å². The van der Waals surface area contributed by atoms with Crippen LogP contribution in [0.5, 0.6) is 11.5 Å². The van der Waals surface area contributed by atoms with Crippen LogP contribution in [0.4, 0.5) is 0 Å². The zero-order valence-electron chi connectivity index (χ0n) is 19.2. The maximum atomic E-state index is 12.1. The Hall–Kier alpha value is -3.23. The number of hydrogen-bond acceptors (Lipinski definition) is 6. The summed E-state index contributed by atoms with van der Waals surface area (Å²) in [6.07, 6.45) is 1.15. The molecule has 0 saturated heterocycles. The molecule has 1 aliphatic heterocycles. The van der Waals surface area contributed by atoms with Gasteiger partial charge in [-0.2, -0.15) is 0 Å². The second-order valence-electron chi connectivity index (χ2n) is 8.25. The lowest BCUT2D eigenvalue weighted by Gasteiger charge is -2.20. The summed E-state index contributed by atoms with van der Waals surface area (Å²) in [5.74, 6) is 3.39. The first-order valence-electron chi connectivity index (χ1n) is 11.4. The molecule has 1 amide bonds. The van der Waals surface area contributed by atoms with Crippen molar-refractivity contribution in [3.63, 3.8) is 0 Å². The number of aromatic nitrogens is 3. The molecule has 0 fully saturated rings. The predicted octanol–water partition coefficient (Wildman–Crippen LogP) is 3.34. The van der Waals surface area contributed by atoms with E-state index in [2.05, 4.69) is 37.1 Å². The lowest BCUT2D eigenvalue weighted by Crippen LogP contribution is -2.30. The van der Waals surface area contributed by atoms with Crippen molar-refractivity contribution in [1.29, 1.82) is 0 Å². The summed E-state index contributed by atoms with van der Waals surface area (Å²) >= 11 is 0. The molecule has 8 heteroatoms. The van der Waals surface area contributed by atoms with Gasteiger partial charge in [0, 0.05) is 46.1 Å². The van der Waals surface area contributed by atoms with Gasteiger partial charge in [-0.1, -0.05) is 30.3 Å². The quantitative estimate of drug-likeness (QED) is 0.540. The fourth-order valence-electron chi connectivity index (χ4n) is 4.03. The first-order chi connectivity index (χ1) is 16.1. The maximum absolute atomic E-state index is 12.1. The zero-order valence-corrected chi connectivity index (χ0v) is 19.2. The Morgan fingerprint density at radius 1 is 1.06 bits per heavy atom. The number of rotatable bonds is 9. The van der Waals surface area contributed by atoms with Crippen LogP contribution in [0.1, 0.15) is 36.6 Å². The number of hydrogen-bond donors (Lipinski definition) is 1. The van der Waals surface area contributed by atoms with E-state index in [-0.39, 0.29) is 11.9 Å². The lowest BCUT2D eigenvalue weighted by molar-refractivity contribution is -0.122. The van der Waals surface area contributed by atoms with E-state index in [0.29, 0.717) is 13.0 Å². The summed E-state index contributed by atoms with van der Waals surface area (Å²) in [6.45, 7) is 5.76. The summed E-state index contributed by atoms with van der Waals surface area (Å²) in [4.78, 5) is 14.5. The van der Waals surface area contributed by atoms with Crippen LogP contribution in [-0.4, -0.2) is 52.4 Å². The highest BCUT2D eigenvalue weighted by molar-refractivity contribution is 5.76. The Labute approximate surface area is 194 Å². The van der Waals surface area contributed by atoms with Gasteiger partial charge in [-0.15, -0.1) is 10.2 Å². The molecule has 174 valence electrons. The number of fused-ring (bicyclic) bond motifs is 1. The summed E-state index contributed by atoms with van der Waals surface area (Å²) in [6, 6.07) is 17.9. The molecule has 1 atom stereocenters. The highest BCUT2D eigenvalue weighted by Gasteiger charge is 2.22. The van der Waals surface area contributed by atoms with Gasteiger partial charge in [-0.25, -0.2) is 0 Å². The van der Waals surface area contributed by atoms with Gasteiger partial charge < -0.3 is 19.4 Å². The number of benzene rings is 2. The minimum Gasteiger partial charge on any atom is -0.457 e. The Balaban J connectivity index is 1.36. The SMILES string of the molecule is COCCC(=O)N[C@H](C)c1nnc2n1CCN(Cc1cccc(Oc3ccccc3)c1)CC2. The van der Waals surface area contributed by atoms with Crippen LogP contribution in [-0.2, 0) is 29.0 Å². The van der Waals surface area contributed by atoms with Gasteiger partial charge in [0.2, 0.25) is 5.91 Å². The summed E-state index contributed by atoms with van der Waals surface area (Å²) in [7, 11) is 1.59. The molecule has 0 radical (unpaired) electrons. The van der Waals surface area contributed by atoms with Crippen molar-refractivity contribution in [3.8, 4) is 11.5 Å². The molecule has 8 nitrogen and oxygen atoms in total. The summed E-state index contributed by atoms with van der Waals surface area (Å²) in [5.41, 5.74) is 1.21. The molecule has 0 aliphatic carbocycles. The second kappa shape index (κ2) is 11.1. The molecule has 1 aromatic heterocycles. The van der Waals surface area contributed by atoms with Crippen LogP contribution in [0.3, 0.4) is 0 Å². The highest BCUT2D eigenvalue weighted by atomic mass is 16.5. The number of para-hydroxylation sites is 1. The first-order valence-corrected chi connectivity index (χ1v) is 11.4. The van der Waals surface area contributed by atoms with Crippen molar-refractivity contribution in [2.75, 3.05) is 26.8 Å². The Morgan fingerprint density at radius 2 is 1.88 bits per heavy atom. The highest BCUT2D eigenvalue weighted by Crippen LogP contribution is 2.23. The van der Waals surface area contributed by atoms with E-state index < -0.39 is 0 Å². The van der Waals surface area contributed by atoms with Crippen molar-refractivity contribution in [2.45, 2.75) is 38.9 Å². The number of methoxy groups -OCH3 is 1. The van der Waals surface area contributed by atoms with E-state index in [4.69, 9.17) is 9.47 Å². The standard InChI is InChI=1S/C25H31N5O3/c1-19(26-24(31)12-16-32-2)25-28-27-23-11-13-29(14-15-30(23)25)18-20-7-6-10-22(17-20)33-21-8-4-3-5-9-21/h3-10,17,19H,11-16,18H2,1-2H3,(H,26,31)/t19-/m1/s1. The van der Waals surface area contributed by atoms with Crippen LogP contribution in [0.2, 0.25) is 0 Å². The second-order valence-corrected chi connectivity index (χ2v) is 8.25. The largest absolute Gasteiger partial charge is 0.457 e. The monoisotopic (exact) mass is 449 g/mol. The number of nitrogens with zero attached hydrogens (tertiary/aromatic N) is 4. The third-order valence-corrected chi connectivity index (χ3v) is 5.73. The van der Waals surface area contributed by atoms with Crippen molar-refractivity contribution >= 4 is 5.91 Å². The smallest absolute Gasteiger partial charge is 0.222 e. The molecule has 0 unspecified atom stereocenters. The van der Waals surface area contributed by atoms with E-state index >= 15 is 0 Å². The van der Waals surface area contributed by atoms with E-state index in [0.717, 1.165) is 55.7 Å². The molecule has 4 rings (SSSR count). The van der Waals surface area contributed by atoms with Gasteiger partial charge in [0.1, 0.15) is 17.3 Å².